The lowest BCUT2D eigenvalue weighted by molar-refractivity contribution is -0.135. The third-order valence-electron chi connectivity index (χ3n) is 3.88. The van der Waals surface area contributed by atoms with E-state index in [4.69, 9.17) is 0 Å². The Labute approximate surface area is 126 Å². The number of nitrogens with one attached hydrogen (secondary N) is 1. The smallest absolute Gasteiger partial charge is 0.295 e. The normalized spacial score (nSPS) is 18.0. The number of benzene rings is 1. The average molecular weight is 297 g/mol. The molecule has 2 heterocycles. The second-order valence-corrected chi connectivity index (χ2v) is 5.26. The number of imidazole rings is 1. The summed E-state index contributed by atoms with van der Waals surface area (Å²) in [6.07, 6.45) is 0.568. The van der Waals surface area contributed by atoms with Gasteiger partial charge in [-0.15, -0.1) is 5.92 Å². The number of hydrogen-bond acceptors (Lipinski definition) is 3. The van der Waals surface area contributed by atoms with E-state index in [9.17, 15) is 14.4 Å². The van der Waals surface area contributed by atoms with Gasteiger partial charge in [0.05, 0.1) is 11.0 Å². The number of nitrogens with zero attached hydrogens (tertiary/aromatic N) is 2. The van der Waals surface area contributed by atoms with Crippen LogP contribution < -0.4 is 11.0 Å². The average Bonchev–Trinajstić information content (AvgIpc) is 2.72. The number of carbonyl (C=O) groups is 2. The maximum absolute atomic E-state index is 12.5. The van der Waals surface area contributed by atoms with Crippen molar-refractivity contribution < 1.29 is 9.59 Å². The van der Waals surface area contributed by atoms with Gasteiger partial charge in [0, 0.05) is 19.0 Å². The van der Waals surface area contributed by atoms with Crippen molar-refractivity contribution in [2.45, 2.75) is 25.8 Å². The van der Waals surface area contributed by atoms with Crippen molar-refractivity contribution in [2.75, 3.05) is 0 Å². The first kappa shape index (κ1) is 14.1. The van der Waals surface area contributed by atoms with Gasteiger partial charge in [0.2, 0.25) is 11.8 Å². The van der Waals surface area contributed by atoms with Gasteiger partial charge in [0.25, 0.3) is 0 Å². The van der Waals surface area contributed by atoms with Crippen LogP contribution in [0, 0.1) is 11.8 Å². The zero-order valence-corrected chi connectivity index (χ0v) is 12.3. The second kappa shape index (κ2) is 5.19. The largest absolute Gasteiger partial charge is 0.329 e. The molecule has 1 aliphatic rings. The summed E-state index contributed by atoms with van der Waals surface area (Å²) in [5, 5.41) is 2.29. The molecular weight excluding hydrogens is 282 g/mol. The van der Waals surface area contributed by atoms with Crippen molar-refractivity contribution in [1.29, 1.82) is 0 Å². The van der Waals surface area contributed by atoms with Crippen LogP contribution in [0.15, 0.2) is 23.0 Å². The summed E-state index contributed by atoms with van der Waals surface area (Å²) in [5.41, 5.74) is 1.93. The molecule has 3 rings (SSSR count). The lowest BCUT2D eigenvalue weighted by Crippen LogP contribution is -2.44. The number of rotatable bonds is 1. The summed E-state index contributed by atoms with van der Waals surface area (Å²) in [4.78, 5) is 35.8. The summed E-state index contributed by atoms with van der Waals surface area (Å²) >= 11 is 0. The van der Waals surface area contributed by atoms with Crippen LogP contribution in [0.25, 0.3) is 11.0 Å². The summed E-state index contributed by atoms with van der Waals surface area (Å²) in [7, 11) is 1.66. The number of hydrogen-bond donors (Lipinski definition) is 1. The van der Waals surface area contributed by atoms with Crippen molar-refractivity contribution in [3.8, 4) is 11.8 Å². The molecule has 0 saturated carbocycles. The molecule has 0 spiro atoms. The van der Waals surface area contributed by atoms with Crippen LogP contribution in [-0.4, -0.2) is 20.9 Å². The van der Waals surface area contributed by atoms with E-state index in [-0.39, 0.29) is 18.0 Å². The van der Waals surface area contributed by atoms with E-state index in [1.54, 1.807) is 20.0 Å². The molecule has 6 heteroatoms. The van der Waals surface area contributed by atoms with Crippen LogP contribution in [0.4, 0.5) is 0 Å². The molecule has 1 saturated heterocycles. The van der Waals surface area contributed by atoms with E-state index >= 15 is 0 Å². The summed E-state index contributed by atoms with van der Waals surface area (Å²) < 4.78 is 2.96. The van der Waals surface area contributed by atoms with E-state index < -0.39 is 11.9 Å². The highest BCUT2D eigenvalue weighted by molar-refractivity contribution is 6.00. The molecule has 1 atom stereocenters. The molecule has 6 nitrogen and oxygen atoms in total. The van der Waals surface area contributed by atoms with Crippen molar-refractivity contribution in [1.82, 2.24) is 14.5 Å². The van der Waals surface area contributed by atoms with E-state index in [1.165, 1.54) is 9.13 Å². The van der Waals surface area contributed by atoms with Crippen molar-refractivity contribution in [2.24, 2.45) is 7.05 Å². The summed E-state index contributed by atoms with van der Waals surface area (Å²) in [6.45, 7) is 1.75. The first-order valence-corrected chi connectivity index (χ1v) is 7.00. The molecule has 1 aromatic heterocycles. The number of piperidine rings is 1. The van der Waals surface area contributed by atoms with E-state index in [0.29, 0.717) is 11.9 Å². The van der Waals surface area contributed by atoms with E-state index in [1.807, 2.05) is 12.1 Å². The minimum Gasteiger partial charge on any atom is -0.295 e. The maximum atomic E-state index is 12.5. The molecule has 0 radical (unpaired) electrons. The van der Waals surface area contributed by atoms with Crippen LogP contribution >= 0.6 is 0 Å². The first-order chi connectivity index (χ1) is 10.5. The molecule has 2 amide bonds. The minimum atomic E-state index is -0.656. The van der Waals surface area contributed by atoms with Crippen LogP contribution in [0.5, 0.6) is 0 Å². The van der Waals surface area contributed by atoms with Gasteiger partial charge in [-0.3, -0.25) is 24.0 Å². The zero-order chi connectivity index (χ0) is 15.9. The maximum Gasteiger partial charge on any atom is 0.329 e. The van der Waals surface area contributed by atoms with Gasteiger partial charge in [-0.2, -0.15) is 0 Å². The molecule has 1 unspecified atom stereocenters. The number of aryl methyl sites for hydroxylation is 1. The Balaban J connectivity index is 2.19. The number of imide groups is 1. The van der Waals surface area contributed by atoms with Crippen molar-refractivity contribution in [3.05, 3.63) is 34.2 Å². The van der Waals surface area contributed by atoms with Crippen LogP contribution in [0.1, 0.15) is 31.4 Å². The zero-order valence-electron chi connectivity index (χ0n) is 12.3. The summed E-state index contributed by atoms with van der Waals surface area (Å²) in [6, 6.07) is 4.79. The number of carbonyl (C=O) groups excluding carboxylic acids is 2. The fourth-order valence-electron chi connectivity index (χ4n) is 2.82. The monoisotopic (exact) mass is 297 g/mol. The molecule has 1 aliphatic heterocycles. The molecule has 0 aliphatic carbocycles. The second-order valence-electron chi connectivity index (χ2n) is 5.26. The van der Waals surface area contributed by atoms with Gasteiger partial charge in [-0.25, -0.2) is 4.79 Å². The van der Waals surface area contributed by atoms with Gasteiger partial charge in [0.1, 0.15) is 6.04 Å². The Morgan fingerprint density at radius 2 is 2.00 bits per heavy atom. The fraction of sp³-hybridized carbons (Fsp3) is 0.312. The Hall–Kier alpha value is -2.81. The van der Waals surface area contributed by atoms with Gasteiger partial charge < -0.3 is 0 Å². The van der Waals surface area contributed by atoms with Gasteiger partial charge >= 0.3 is 5.69 Å². The molecule has 1 N–H and O–H groups in total. The molecular formula is C16H15N3O3. The molecule has 1 aromatic carbocycles. The summed E-state index contributed by atoms with van der Waals surface area (Å²) in [5.74, 6) is 5.05. The Bertz CT molecular complexity index is 908. The lowest BCUT2D eigenvalue weighted by atomic mass is 10.1. The van der Waals surface area contributed by atoms with Gasteiger partial charge in [0.15, 0.2) is 0 Å². The van der Waals surface area contributed by atoms with Crippen molar-refractivity contribution >= 4 is 22.8 Å². The highest BCUT2D eigenvalue weighted by Crippen LogP contribution is 2.23. The molecule has 112 valence electrons. The minimum absolute atomic E-state index is 0.235. The van der Waals surface area contributed by atoms with Gasteiger partial charge in [-0.1, -0.05) is 5.92 Å². The van der Waals surface area contributed by atoms with E-state index in [2.05, 4.69) is 17.2 Å². The third kappa shape index (κ3) is 2.11. The Morgan fingerprint density at radius 1 is 1.23 bits per heavy atom. The Morgan fingerprint density at radius 3 is 2.68 bits per heavy atom. The molecule has 1 fully saturated rings. The quantitative estimate of drug-likeness (QED) is 0.622. The first-order valence-electron chi connectivity index (χ1n) is 7.00. The van der Waals surface area contributed by atoms with Crippen molar-refractivity contribution in [3.63, 3.8) is 0 Å². The third-order valence-corrected chi connectivity index (χ3v) is 3.88. The number of amides is 2. The van der Waals surface area contributed by atoms with Crippen LogP contribution in [-0.2, 0) is 16.6 Å². The molecule has 2 aromatic rings. The molecule has 0 bridgehead atoms. The van der Waals surface area contributed by atoms with E-state index in [0.717, 1.165) is 11.1 Å². The van der Waals surface area contributed by atoms with Crippen LogP contribution in [0.2, 0.25) is 0 Å². The van der Waals surface area contributed by atoms with Crippen LogP contribution in [0.3, 0.4) is 0 Å². The highest BCUT2D eigenvalue weighted by Gasteiger charge is 2.31. The topological polar surface area (TPSA) is 73.1 Å². The predicted molar refractivity (Wildman–Crippen MR) is 81.2 cm³/mol. The standard InChI is InChI=1S/C16H15N3O3/c1-3-4-10-5-6-11-13(9-10)18(2)16(22)19(11)12-7-8-14(20)17-15(12)21/h5-6,9,12H,7-8H2,1-2H3,(H,17,20,21). The fourth-order valence-corrected chi connectivity index (χ4v) is 2.82. The van der Waals surface area contributed by atoms with Gasteiger partial charge in [-0.05, 0) is 31.5 Å². The number of aromatic nitrogens is 2. The Kier molecular flexibility index (Phi) is 3.33. The molecule has 22 heavy (non-hydrogen) atoms. The lowest BCUT2D eigenvalue weighted by Gasteiger charge is -2.21. The number of fused-ring (bicyclic) bond motifs is 1. The highest BCUT2D eigenvalue weighted by atomic mass is 16.2. The SMILES string of the molecule is CC#Cc1ccc2c(c1)n(C)c(=O)n2C1CCC(=O)NC1=O. The predicted octanol–water partition coefficient (Wildman–Crippen LogP) is 0.689.